The van der Waals surface area contributed by atoms with Crippen LogP contribution < -0.4 is 5.32 Å². The molecular formula is C12H17NO3. The summed E-state index contributed by atoms with van der Waals surface area (Å²) < 4.78 is 5.35. The van der Waals surface area contributed by atoms with E-state index in [-0.39, 0.29) is 11.7 Å². The maximum absolute atomic E-state index is 10.9. The minimum atomic E-state index is -0.924. The van der Waals surface area contributed by atoms with Gasteiger partial charge in [0, 0.05) is 18.8 Å². The largest absolute Gasteiger partial charge is 0.478 e. The molecule has 0 fully saturated rings. The van der Waals surface area contributed by atoms with Crippen LogP contribution in [0.4, 0.5) is 5.69 Å². The van der Waals surface area contributed by atoms with E-state index in [9.17, 15) is 4.79 Å². The molecule has 0 aliphatic heterocycles. The number of carboxylic acid groups (broad SMARTS) is 1. The molecule has 1 rings (SSSR count). The lowest BCUT2D eigenvalue weighted by Gasteiger charge is -2.14. The molecule has 0 heterocycles. The summed E-state index contributed by atoms with van der Waals surface area (Å²) >= 11 is 0. The average molecular weight is 223 g/mol. The zero-order chi connectivity index (χ0) is 12.0. The molecule has 0 aliphatic rings. The number of ether oxygens (including phenoxy) is 1. The molecule has 0 radical (unpaired) electrons. The molecule has 4 heteroatoms. The predicted molar refractivity (Wildman–Crippen MR) is 63.0 cm³/mol. The van der Waals surface area contributed by atoms with Crippen LogP contribution in [0.5, 0.6) is 0 Å². The second-order valence-corrected chi connectivity index (χ2v) is 3.50. The lowest BCUT2D eigenvalue weighted by atomic mass is 10.2. The highest BCUT2D eigenvalue weighted by molar-refractivity contribution is 5.94. The zero-order valence-corrected chi connectivity index (χ0v) is 9.56. The third-order valence-electron chi connectivity index (χ3n) is 2.19. The van der Waals surface area contributed by atoms with Crippen LogP contribution in [0.15, 0.2) is 24.3 Å². The van der Waals surface area contributed by atoms with E-state index in [0.717, 1.165) is 0 Å². The first kappa shape index (κ1) is 12.5. The van der Waals surface area contributed by atoms with E-state index >= 15 is 0 Å². The van der Waals surface area contributed by atoms with Crippen LogP contribution in [0.3, 0.4) is 0 Å². The number of hydrogen-bond donors (Lipinski definition) is 2. The molecular weight excluding hydrogens is 206 g/mol. The van der Waals surface area contributed by atoms with Crippen molar-refractivity contribution in [3.8, 4) is 0 Å². The fraction of sp³-hybridized carbons (Fsp3) is 0.417. The zero-order valence-electron chi connectivity index (χ0n) is 9.56. The van der Waals surface area contributed by atoms with Crippen molar-refractivity contribution in [3.63, 3.8) is 0 Å². The van der Waals surface area contributed by atoms with Crippen molar-refractivity contribution in [2.75, 3.05) is 18.5 Å². The van der Waals surface area contributed by atoms with E-state index in [1.165, 1.54) is 0 Å². The number of para-hydroxylation sites is 1. The molecule has 1 aromatic rings. The van der Waals surface area contributed by atoms with E-state index < -0.39 is 5.97 Å². The molecule has 0 saturated heterocycles. The van der Waals surface area contributed by atoms with Gasteiger partial charge in [-0.15, -0.1) is 0 Å². The third kappa shape index (κ3) is 3.55. The molecule has 2 N–H and O–H groups in total. The van der Waals surface area contributed by atoms with Gasteiger partial charge < -0.3 is 15.2 Å². The number of anilines is 1. The minimum Gasteiger partial charge on any atom is -0.478 e. The number of carboxylic acids is 1. The van der Waals surface area contributed by atoms with Crippen molar-refractivity contribution in [2.45, 2.75) is 20.0 Å². The van der Waals surface area contributed by atoms with Crippen LogP contribution >= 0.6 is 0 Å². The van der Waals surface area contributed by atoms with Gasteiger partial charge in [0.2, 0.25) is 0 Å². The summed E-state index contributed by atoms with van der Waals surface area (Å²) in [5.41, 5.74) is 0.910. The van der Waals surface area contributed by atoms with Gasteiger partial charge in [0.1, 0.15) is 0 Å². The Morgan fingerprint density at radius 2 is 2.19 bits per heavy atom. The molecule has 1 aromatic carbocycles. The van der Waals surface area contributed by atoms with Gasteiger partial charge in [0.15, 0.2) is 0 Å². The Balaban J connectivity index is 2.63. The lowest BCUT2D eigenvalue weighted by molar-refractivity contribution is 0.0696. The maximum Gasteiger partial charge on any atom is 0.337 e. The van der Waals surface area contributed by atoms with E-state index in [1.54, 1.807) is 24.3 Å². The summed E-state index contributed by atoms with van der Waals surface area (Å²) in [6.45, 7) is 5.13. The fourth-order valence-electron chi connectivity index (χ4n) is 1.42. The Kier molecular flexibility index (Phi) is 4.79. The standard InChI is InChI=1S/C12H17NO3/c1-3-16-9(2)8-13-11-7-5-4-6-10(11)12(14)15/h4-7,9,13H,3,8H2,1-2H3,(H,14,15). The topological polar surface area (TPSA) is 58.6 Å². The van der Waals surface area contributed by atoms with E-state index in [4.69, 9.17) is 9.84 Å². The van der Waals surface area contributed by atoms with Crippen molar-refractivity contribution in [2.24, 2.45) is 0 Å². The number of hydrogen-bond acceptors (Lipinski definition) is 3. The van der Waals surface area contributed by atoms with Gasteiger partial charge in [0.05, 0.1) is 11.7 Å². The summed E-state index contributed by atoms with van der Waals surface area (Å²) in [5.74, 6) is -0.924. The number of benzene rings is 1. The Morgan fingerprint density at radius 1 is 1.50 bits per heavy atom. The van der Waals surface area contributed by atoms with Crippen molar-refractivity contribution < 1.29 is 14.6 Å². The molecule has 0 amide bonds. The van der Waals surface area contributed by atoms with E-state index in [2.05, 4.69) is 5.32 Å². The van der Waals surface area contributed by atoms with Gasteiger partial charge in [-0.05, 0) is 26.0 Å². The van der Waals surface area contributed by atoms with Crippen LogP contribution in [0.2, 0.25) is 0 Å². The van der Waals surface area contributed by atoms with Crippen molar-refractivity contribution >= 4 is 11.7 Å². The molecule has 1 atom stereocenters. The van der Waals surface area contributed by atoms with Crippen molar-refractivity contribution in [3.05, 3.63) is 29.8 Å². The van der Waals surface area contributed by atoms with Crippen LogP contribution in [-0.4, -0.2) is 30.3 Å². The number of aromatic carboxylic acids is 1. The highest BCUT2D eigenvalue weighted by Crippen LogP contribution is 2.14. The van der Waals surface area contributed by atoms with Crippen molar-refractivity contribution in [1.29, 1.82) is 0 Å². The lowest BCUT2D eigenvalue weighted by Crippen LogP contribution is -2.20. The van der Waals surface area contributed by atoms with Gasteiger partial charge in [-0.2, -0.15) is 0 Å². The van der Waals surface area contributed by atoms with Gasteiger partial charge >= 0.3 is 5.97 Å². The first-order valence-electron chi connectivity index (χ1n) is 5.33. The quantitative estimate of drug-likeness (QED) is 0.776. The first-order chi connectivity index (χ1) is 7.65. The number of carbonyl (C=O) groups is 1. The summed E-state index contributed by atoms with van der Waals surface area (Å²) in [7, 11) is 0. The van der Waals surface area contributed by atoms with Gasteiger partial charge in [0.25, 0.3) is 0 Å². The van der Waals surface area contributed by atoms with Crippen LogP contribution in [0, 0.1) is 0 Å². The molecule has 0 saturated carbocycles. The maximum atomic E-state index is 10.9. The molecule has 16 heavy (non-hydrogen) atoms. The molecule has 1 unspecified atom stereocenters. The average Bonchev–Trinajstić information content (AvgIpc) is 2.27. The van der Waals surface area contributed by atoms with Crippen LogP contribution in [-0.2, 0) is 4.74 Å². The molecule has 0 bridgehead atoms. The van der Waals surface area contributed by atoms with Gasteiger partial charge in [-0.1, -0.05) is 12.1 Å². The summed E-state index contributed by atoms with van der Waals surface area (Å²) in [4.78, 5) is 10.9. The molecule has 88 valence electrons. The first-order valence-corrected chi connectivity index (χ1v) is 5.33. The number of nitrogens with one attached hydrogen (secondary N) is 1. The summed E-state index contributed by atoms with van der Waals surface area (Å²) in [6.07, 6.45) is 0.0619. The summed E-state index contributed by atoms with van der Waals surface area (Å²) in [6, 6.07) is 6.85. The second kappa shape index (κ2) is 6.12. The smallest absolute Gasteiger partial charge is 0.337 e. The monoisotopic (exact) mass is 223 g/mol. The molecule has 0 aliphatic carbocycles. The second-order valence-electron chi connectivity index (χ2n) is 3.50. The highest BCUT2D eigenvalue weighted by Gasteiger charge is 2.09. The van der Waals surface area contributed by atoms with E-state index in [0.29, 0.717) is 18.8 Å². The molecule has 0 spiro atoms. The van der Waals surface area contributed by atoms with Gasteiger partial charge in [-0.25, -0.2) is 4.79 Å². The van der Waals surface area contributed by atoms with Gasteiger partial charge in [-0.3, -0.25) is 0 Å². The predicted octanol–water partition coefficient (Wildman–Crippen LogP) is 2.22. The minimum absolute atomic E-state index is 0.0619. The van der Waals surface area contributed by atoms with E-state index in [1.807, 2.05) is 13.8 Å². The number of rotatable bonds is 6. The SMILES string of the molecule is CCOC(C)CNc1ccccc1C(=O)O. The molecule has 0 aromatic heterocycles. The fourth-order valence-corrected chi connectivity index (χ4v) is 1.42. The van der Waals surface area contributed by atoms with Crippen LogP contribution in [0.25, 0.3) is 0 Å². The highest BCUT2D eigenvalue weighted by atomic mass is 16.5. The Morgan fingerprint density at radius 3 is 2.81 bits per heavy atom. The summed E-state index contributed by atoms with van der Waals surface area (Å²) in [5, 5.41) is 12.0. The Labute approximate surface area is 95.2 Å². The normalized spacial score (nSPS) is 12.1. The molecule has 4 nitrogen and oxygen atoms in total. The Bertz CT molecular complexity index is 352. The Hall–Kier alpha value is -1.55. The third-order valence-corrected chi connectivity index (χ3v) is 2.19. The van der Waals surface area contributed by atoms with Crippen LogP contribution in [0.1, 0.15) is 24.2 Å². The van der Waals surface area contributed by atoms with Crippen molar-refractivity contribution in [1.82, 2.24) is 0 Å².